The van der Waals surface area contributed by atoms with Gasteiger partial charge in [0.05, 0.1) is 0 Å². The Balaban J connectivity index is 3.09. The number of unbranched alkanes of at least 4 members (excludes halogenated alkanes) is 2. The average Bonchev–Trinajstić information content (AvgIpc) is 1.97. The van der Waals surface area contributed by atoms with Crippen LogP contribution in [0.4, 0.5) is 0 Å². The molecule has 0 aromatic heterocycles. The fourth-order valence-corrected chi connectivity index (χ4v) is 0.821. The largest absolute Gasteiger partial charge is 0.300 e. The van der Waals surface area contributed by atoms with E-state index in [2.05, 4.69) is 13.8 Å². The summed E-state index contributed by atoms with van der Waals surface area (Å²) in [6.07, 6.45) is 5.53. The second kappa shape index (κ2) is 6.79. The molecule has 0 aliphatic rings. The molecule has 0 spiro atoms. The normalized spacial score (nSPS) is 9.80. The standard InChI is InChI=1S/C9H17O/c1-3-5-7-9(10)8-6-4-2/h1,3-8H2,2H3. The summed E-state index contributed by atoms with van der Waals surface area (Å²) < 4.78 is 0. The zero-order valence-electron chi connectivity index (χ0n) is 6.86. The first-order valence-corrected chi connectivity index (χ1v) is 4.12. The molecule has 10 heavy (non-hydrogen) atoms. The predicted octanol–water partition coefficient (Wildman–Crippen LogP) is 2.75. The minimum Gasteiger partial charge on any atom is -0.300 e. The Morgan fingerprint density at radius 2 is 1.90 bits per heavy atom. The number of Topliss-reactive ketones (excluding diaryl/α,β-unsaturated/α-hetero) is 1. The molecule has 0 N–H and O–H groups in total. The van der Waals surface area contributed by atoms with E-state index >= 15 is 0 Å². The average molecular weight is 141 g/mol. The van der Waals surface area contributed by atoms with Crippen LogP contribution < -0.4 is 0 Å². The number of ketones is 1. The van der Waals surface area contributed by atoms with Crippen molar-refractivity contribution in [3.8, 4) is 0 Å². The van der Waals surface area contributed by atoms with Crippen molar-refractivity contribution in [2.75, 3.05) is 0 Å². The highest BCUT2D eigenvalue weighted by atomic mass is 16.1. The highest BCUT2D eigenvalue weighted by molar-refractivity contribution is 5.78. The van der Waals surface area contributed by atoms with Crippen molar-refractivity contribution < 1.29 is 4.79 Å². The van der Waals surface area contributed by atoms with E-state index in [1.807, 2.05) is 0 Å². The van der Waals surface area contributed by atoms with Gasteiger partial charge in [-0.2, -0.15) is 0 Å². The Kier molecular flexibility index (Phi) is 6.56. The molecule has 0 aliphatic carbocycles. The van der Waals surface area contributed by atoms with Gasteiger partial charge < -0.3 is 0 Å². The molecule has 0 atom stereocenters. The maximum Gasteiger partial charge on any atom is 0.132 e. The van der Waals surface area contributed by atoms with Crippen molar-refractivity contribution >= 4 is 5.78 Å². The van der Waals surface area contributed by atoms with Gasteiger partial charge in [0.25, 0.3) is 0 Å². The Bertz CT molecular complexity index is 76.7. The molecular formula is C9H17O. The van der Waals surface area contributed by atoms with Crippen molar-refractivity contribution in [3.05, 3.63) is 6.92 Å². The summed E-state index contributed by atoms with van der Waals surface area (Å²) in [5.74, 6) is 0.408. The number of carbonyl (C=O) groups excluding carboxylic acids is 1. The topological polar surface area (TPSA) is 17.1 Å². The second-order valence-electron chi connectivity index (χ2n) is 2.60. The van der Waals surface area contributed by atoms with Crippen LogP contribution in [0.25, 0.3) is 0 Å². The van der Waals surface area contributed by atoms with Gasteiger partial charge in [-0.15, -0.1) is 0 Å². The molecule has 0 aromatic rings. The van der Waals surface area contributed by atoms with Crippen molar-refractivity contribution in [2.45, 2.75) is 45.4 Å². The molecule has 0 aliphatic heterocycles. The number of rotatable bonds is 6. The molecule has 1 heteroatoms. The van der Waals surface area contributed by atoms with Crippen molar-refractivity contribution in [1.29, 1.82) is 0 Å². The van der Waals surface area contributed by atoms with Crippen LogP contribution >= 0.6 is 0 Å². The van der Waals surface area contributed by atoms with Gasteiger partial charge in [-0.05, 0) is 12.8 Å². The summed E-state index contributed by atoms with van der Waals surface area (Å²) in [6.45, 7) is 5.79. The van der Waals surface area contributed by atoms with Gasteiger partial charge >= 0.3 is 0 Å². The summed E-state index contributed by atoms with van der Waals surface area (Å²) in [4.78, 5) is 10.9. The van der Waals surface area contributed by atoms with Gasteiger partial charge in [-0.3, -0.25) is 4.79 Å². The summed E-state index contributed by atoms with van der Waals surface area (Å²) in [7, 11) is 0. The van der Waals surface area contributed by atoms with Crippen LogP contribution in [0.1, 0.15) is 45.4 Å². The van der Waals surface area contributed by atoms with E-state index in [1.54, 1.807) is 0 Å². The van der Waals surface area contributed by atoms with Crippen LogP contribution in [0.2, 0.25) is 0 Å². The highest BCUT2D eigenvalue weighted by Gasteiger charge is 1.98. The fourth-order valence-electron chi connectivity index (χ4n) is 0.821. The summed E-state index contributed by atoms with van der Waals surface area (Å²) in [5, 5.41) is 0. The first-order chi connectivity index (χ1) is 4.81. The molecule has 0 rings (SSSR count). The van der Waals surface area contributed by atoms with E-state index in [0.717, 1.165) is 38.5 Å². The molecular weight excluding hydrogens is 124 g/mol. The number of hydrogen-bond donors (Lipinski definition) is 0. The Morgan fingerprint density at radius 3 is 2.40 bits per heavy atom. The zero-order valence-corrected chi connectivity index (χ0v) is 6.86. The molecule has 59 valence electrons. The van der Waals surface area contributed by atoms with Gasteiger partial charge in [0.2, 0.25) is 0 Å². The second-order valence-corrected chi connectivity index (χ2v) is 2.60. The highest BCUT2D eigenvalue weighted by Crippen LogP contribution is 2.02. The van der Waals surface area contributed by atoms with E-state index in [-0.39, 0.29) is 0 Å². The molecule has 0 fully saturated rings. The quantitative estimate of drug-likeness (QED) is 0.556. The Morgan fingerprint density at radius 1 is 1.30 bits per heavy atom. The summed E-state index contributed by atoms with van der Waals surface area (Å²) in [5.41, 5.74) is 0. The van der Waals surface area contributed by atoms with E-state index in [0.29, 0.717) is 5.78 Å². The first-order valence-electron chi connectivity index (χ1n) is 4.12. The van der Waals surface area contributed by atoms with Crippen LogP contribution in [0.3, 0.4) is 0 Å². The smallest absolute Gasteiger partial charge is 0.132 e. The Hall–Kier alpha value is -0.330. The van der Waals surface area contributed by atoms with E-state index in [9.17, 15) is 4.79 Å². The van der Waals surface area contributed by atoms with Gasteiger partial charge in [0.15, 0.2) is 0 Å². The minimum absolute atomic E-state index is 0.408. The third-order valence-electron chi connectivity index (χ3n) is 1.51. The number of hydrogen-bond acceptors (Lipinski definition) is 1. The predicted molar refractivity (Wildman–Crippen MR) is 43.7 cm³/mol. The van der Waals surface area contributed by atoms with Crippen molar-refractivity contribution in [3.63, 3.8) is 0 Å². The molecule has 0 bridgehead atoms. The van der Waals surface area contributed by atoms with Gasteiger partial charge in [0, 0.05) is 12.8 Å². The van der Waals surface area contributed by atoms with Crippen LogP contribution in [-0.4, -0.2) is 5.78 Å². The molecule has 0 amide bonds. The van der Waals surface area contributed by atoms with E-state index < -0.39 is 0 Å². The fraction of sp³-hybridized carbons (Fsp3) is 0.778. The van der Waals surface area contributed by atoms with Crippen LogP contribution in [0, 0.1) is 6.92 Å². The lowest BCUT2D eigenvalue weighted by molar-refractivity contribution is -0.119. The molecule has 0 saturated heterocycles. The van der Waals surface area contributed by atoms with Crippen molar-refractivity contribution in [2.24, 2.45) is 0 Å². The van der Waals surface area contributed by atoms with Crippen LogP contribution in [-0.2, 0) is 4.79 Å². The van der Waals surface area contributed by atoms with Crippen LogP contribution in [0.5, 0.6) is 0 Å². The lowest BCUT2D eigenvalue weighted by Crippen LogP contribution is -1.96. The molecule has 0 saturated carbocycles. The van der Waals surface area contributed by atoms with Gasteiger partial charge in [-0.25, -0.2) is 0 Å². The SMILES string of the molecule is [CH2]CCCC(=O)CCCC. The van der Waals surface area contributed by atoms with Crippen LogP contribution in [0.15, 0.2) is 0 Å². The Labute approximate surface area is 63.8 Å². The van der Waals surface area contributed by atoms with E-state index in [1.165, 1.54) is 0 Å². The zero-order chi connectivity index (χ0) is 7.82. The van der Waals surface area contributed by atoms with Gasteiger partial charge in [0.1, 0.15) is 5.78 Å². The van der Waals surface area contributed by atoms with E-state index in [4.69, 9.17) is 0 Å². The molecule has 1 nitrogen and oxygen atoms in total. The first kappa shape index (κ1) is 9.67. The monoisotopic (exact) mass is 141 g/mol. The van der Waals surface area contributed by atoms with Crippen molar-refractivity contribution in [1.82, 2.24) is 0 Å². The third kappa shape index (κ3) is 5.80. The third-order valence-corrected chi connectivity index (χ3v) is 1.51. The molecule has 0 heterocycles. The maximum atomic E-state index is 10.9. The minimum atomic E-state index is 0.408. The molecule has 1 radical (unpaired) electrons. The molecule has 0 aromatic carbocycles. The number of carbonyl (C=O) groups is 1. The maximum absolute atomic E-state index is 10.9. The summed E-state index contributed by atoms with van der Waals surface area (Å²) >= 11 is 0. The lowest BCUT2D eigenvalue weighted by atomic mass is 10.1. The lowest BCUT2D eigenvalue weighted by Gasteiger charge is -1.96. The van der Waals surface area contributed by atoms with Gasteiger partial charge in [-0.1, -0.05) is 26.7 Å². The molecule has 0 unspecified atom stereocenters. The summed E-state index contributed by atoms with van der Waals surface area (Å²) in [6, 6.07) is 0.